The Balaban J connectivity index is 2.15. The van der Waals surface area contributed by atoms with Crippen molar-refractivity contribution in [2.24, 2.45) is 0 Å². The Hall–Kier alpha value is -2.43. The van der Waals surface area contributed by atoms with Gasteiger partial charge in [0.25, 0.3) is 0 Å². The Labute approximate surface area is 141 Å². The van der Waals surface area contributed by atoms with Crippen molar-refractivity contribution in [3.8, 4) is 0 Å². The van der Waals surface area contributed by atoms with Crippen LogP contribution < -0.4 is 5.73 Å². The van der Waals surface area contributed by atoms with Gasteiger partial charge in [-0.1, -0.05) is 35.3 Å². The molecule has 1 aliphatic carbocycles. The number of hydrogen-bond donors (Lipinski definition) is 1. The molecule has 0 heterocycles. The number of nitrogen functional groups attached to an aromatic ring is 1. The van der Waals surface area contributed by atoms with Crippen molar-refractivity contribution in [2.75, 3.05) is 5.73 Å². The van der Waals surface area contributed by atoms with Gasteiger partial charge in [0.15, 0.2) is 11.6 Å². The summed E-state index contributed by atoms with van der Waals surface area (Å²) in [4.78, 5) is 37.6. The highest BCUT2D eigenvalue weighted by Crippen LogP contribution is 2.33. The minimum Gasteiger partial charge on any atom is -0.398 e. The zero-order valence-electron chi connectivity index (χ0n) is 11.6. The summed E-state index contributed by atoms with van der Waals surface area (Å²) in [5.41, 5.74) is 5.89. The molecule has 1 aliphatic rings. The van der Waals surface area contributed by atoms with Crippen LogP contribution in [-0.2, 0) is 0 Å². The highest BCUT2D eigenvalue weighted by molar-refractivity contribution is 6.54. The van der Waals surface area contributed by atoms with E-state index in [-0.39, 0.29) is 28.0 Å². The van der Waals surface area contributed by atoms with Crippen molar-refractivity contribution in [1.82, 2.24) is 0 Å². The van der Waals surface area contributed by atoms with Crippen LogP contribution >= 0.6 is 23.2 Å². The minimum absolute atomic E-state index is 0.0372. The molecule has 0 fully saturated rings. The molecule has 23 heavy (non-hydrogen) atoms. The van der Waals surface area contributed by atoms with Gasteiger partial charge in [-0.15, -0.1) is 0 Å². The lowest BCUT2D eigenvalue weighted by atomic mass is 9.85. The van der Waals surface area contributed by atoms with Crippen LogP contribution in [0.2, 0.25) is 5.02 Å². The molecular formula is C17H9Cl2NO3. The van der Waals surface area contributed by atoms with Gasteiger partial charge in [-0.2, -0.15) is 0 Å². The van der Waals surface area contributed by atoms with E-state index in [1.807, 2.05) is 0 Å². The van der Waals surface area contributed by atoms with Gasteiger partial charge in [-0.3, -0.25) is 14.4 Å². The predicted octanol–water partition coefficient (Wildman–Crippen LogP) is 3.68. The van der Waals surface area contributed by atoms with Crippen molar-refractivity contribution < 1.29 is 14.4 Å². The van der Waals surface area contributed by atoms with Gasteiger partial charge in [0.1, 0.15) is 5.03 Å². The average molecular weight is 346 g/mol. The number of Topliss-reactive ketones (excluding diaryl/α,β-unsaturated/α-hetero) is 3. The summed E-state index contributed by atoms with van der Waals surface area (Å²) in [5.74, 6) is -1.87. The third-order valence-corrected chi connectivity index (χ3v) is 4.16. The second-order valence-electron chi connectivity index (χ2n) is 4.95. The molecule has 0 aromatic heterocycles. The maximum atomic E-state index is 12.6. The summed E-state index contributed by atoms with van der Waals surface area (Å²) in [6.45, 7) is 0. The van der Waals surface area contributed by atoms with Crippen LogP contribution in [-0.4, -0.2) is 17.3 Å². The smallest absolute Gasteiger partial charge is 0.208 e. The molecule has 114 valence electrons. The van der Waals surface area contributed by atoms with Gasteiger partial charge in [-0.25, -0.2) is 0 Å². The zero-order valence-corrected chi connectivity index (χ0v) is 13.1. The first-order valence-electron chi connectivity index (χ1n) is 6.59. The molecular weight excluding hydrogens is 337 g/mol. The zero-order chi connectivity index (χ0) is 16.7. The van der Waals surface area contributed by atoms with E-state index in [1.165, 1.54) is 36.4 Å². The van der Waals surface area contributed by atoms with Crippen molar-refractivity contribution in [3.63, 3.8) is 0 Å². The number of carbonyl (C=O) groups excluding carboxylic acids is 3. The molecule has 0 spiro atoms. The average Bonchev–Trinajstić information content (AvgIpc) is 2.53. The fraction of sp³-hybridized carbons (Fsp3) is 0. The van der Waals surface area contributed by atoms with Crippen molar-refractivity contribution in [1.29, 1.82) is 0 Å². The molecule has 2 N–H and O–H groups in total. The number of rotatable bonds is 2. The number of anilines is 1. The maximum Gasteiger partial charge on any atom is 0.208 e. The maximum absolute atomic E-state index is 12.6. The molecule has 0 bridgehead atoms. The van der Waals surface area contributed by atoms with Crippen LogP contribution in [0, 0.1) is 0 Å². The normalized spacial score (nSPS) is 14.0. The van der Waals surface area contributed by atoms with Crippen molar-refractivity contribution in [3.05, 3.63) is 74.8 Å². The van der Waals surface area contributed by atoms with Crippen LogP contribution in [0.4, 0.5) is 5.69 Å². The monoisotopic (exact) mass is 345 g/mol. The standard InChI is InChI=1S/C17H9Cl2NO3/c18-9-6-4-8(5-7-9)15(21)13-14(19)17(23)12-10(16(13)22)2-1-3-11(12)20/h1-7H,20H2. The second-order valence-corrected chi connectivity index (χ2v) is 5.77. The molecule has 4 nitrogen and oxygen atoms in total. The van der Waals surface area contributed by atoms with Crippen LogP contribution in [0.25, 0.3) is 0 Å². The predicted molar refractivity (Wildman–Crippen MR) is 88.2 cm³/mol. The largest absolute Gasteiger partial charge is 0.398 e. The van der Waals surface area contributed by atoms with Crippen LogP contribution in [0.5, 0.6) is 0 Å². The summed E-state index contributed by atoms with van der Waals surface area (Å²) in [7, 11) is 0. The van der Waals surface area contributed by atoms with E-state index >= 15 is 0 Å². The molecule has 0 amide bonds. The summed E-state index contributed by atoms with van der Waals surface area (Å²) in [6.07, 6.45) is 0. The SMILES string of the molecule is Nc1cccc2c1C(=O)C(Cl)=C(C(=O)c1ccc(Cl)cc1)C2=O. The molecule has 0 unspecified atom stereocenters. The van der Waals surface area contributed by atoms with E-state index in [0.29, 0.717) is 5.02 Å². The Bertz CT molecular complexity index is 899. The summed E-state index contributed by atoms with van der Waals surface area (Å²) < 4.78 is 0. The van der Waals surface area contributed by atoms with E-state index in [2.05, 4.69) is 0 Å². The summed E-state index contributed by atoms with van der Waals surface area (Å²) in [5, 5.41) is 0.0335. The van der Waals surface area contributed by atoms with E-state index in [4.69, 9.17) is 28.9 Å². The van der Waals surface area contributed by atoms with Gasteiger partial charge in [-0.05, 0) is 30.3 Å². The lowest BCUT2D eigenvalue weighted by Crippen LogP contribution is -2.25. The highest BCUT2D eigenvalue weighted by Gasteiger charge is 2.36. The molecule has 0 saturated heterocycles. The van der Waals surface area contributed by atoms with Crippen molar-refractivity contribution in [2.45, 2.75) is 0 Å². The molecule has 2 aromatic carbocycles. The number of ketones is 3. The Kier molecular flexibility index (Phi) is 3.80. The van der Waals surface area contributed by atoms with Gasteiger partial charge in [0, 0.05) is 21.8 Å². The first kappa shape index (κ1) is 15.5. The molecule has 2 aromatic rings. The molecule has 0 saturated carbocycles. The van der Waals surface area contributed by atoms with Gasteiger partial charge >= 0.3 is 0 Å². The molecule has 0 atom stereocenters. The van der Waals surface area contributed by atoms with Gasteiger partial charge in [0.05, 0.1) is 11.1 Å². The highest BCUT2D eigenvalue weighted by atomic mass is 35.5. The van der Waals surface area contributed by atoms with Crippen LogP contribution in [0.15, 0.2) is 53.1 Å². The number of allylic oxidation sites excluding steroid dienone is 2. The number of carbonyl (C=O) groups is 3. The lowest BCUT2D eigenvalue weighted by Gasteiger charge is -2.18. The number of hydrogen-bond acceptors (Lipinski definition) is 4. The number of halogens is 2. The summed E-state index contributed by atoms with van der Waals surface area (Å²) in [6, 6.07) is 10.5. The molecule has 0 aliphatic heterocycles. The number of fused-ring (bicyclic) bond motifs is 1. The van der Waals surface area contributed by atoms with Crippen LogP contribution in [0.3, 0.4) is 0 Å². The van der Waals surface area contributed by atoms with Gasteiger partial charge in [0.2, 0.25) is 5.78 Å². The Morgan fingerprint density at radius 2 is 1.57 bits per heavy atom. The van der Waals surface area contributed by atoms with E-state index in [0.717, 1.165) is 0 Å². The van der Waals surface area contributed by atoms with E-state index in [1.54, 1.807) is 6.07 Å². The first-order chi connectivity index (χ1) is 10.9. The molecule has 0 radical (unpaired) electrons. The van der Waals surface area contributed by atoms with Crippen molar-refractivity contribution >= 4 is 46.2 Å². The second kappa shape index (κ2) is 5.65. The summed E-state index contributed by atoms with van der Waals surface area (Å²) >= 11 is 11.8. The quantitative estimate of drug-likeness (QED) is 0.511. The number of nitrogens with two attached hydrogens (primary N) is 1. The Morgan fingerprint density at radius 3 is 2.22 bits per heavy atom. The topological polar surface area (TPSA) is 77.2 Å². The minimum atomic E-state index is -0.628. The Morgan fingerprint density at radius 1 is 0.913 bits per heavy atom. The van der Waals surface area contributed by atoms with E-state index < -0.39 is 22.4 Å². The fourth-order valence-electron chi connectivity index (χ4n) is 2.42. The van der Waals surface area contributed by atoms with Crippen LogP contribution in [0.1, 0.15) is 31.1 Å². The van der Waals surface area contributed by atoms with Gasteiger partial charge < -0.3 is 5.73 Å². The molecule has 3 rings (SSSR count). The molecule has 6 heteroatoms. The third kappa shape index (κ3) is 2.46. The lowest BCUT2D eigenvalue weighted by molar-refractivity contribution is 0.0932. The fourth-order valence-corrected chi connectivity index (χ4v) is 2.81. The van der Waals surface area contributed by atoms with E-state index in [9.17, 15) is 14.4 Å². The third-order valence-electron chi connectivity index (χ3n) is 3.55. The first-order valence-corrected chi connectivity index (χ1v) is 7.35. The number of benzene rings is 2.